The lowest BCUT2D eigenvalue weighted by molar-refractivity contribution is 0.0995. The molecule has 0 bridgehead atoms. The first kappa shape index (κ1) is 13.4. The van der Waals surface area contributed by atoms with Crippen molar-refractivity contribution < 1.29 is 4.79 Å². The van der Waals surface area contributed by atoms with Crippen LogP contribution >= 0.6 is 0 Å². The van der Waals surface area contributed by atoms with Crippen LogP contribution in [0.4, 0.5) is 0 Å². The average Bonchev–Trinajstić information content (AvgIpc) is 3.03. The molecule has 0 saturated carbocycles. The second-order valence-corrected chi connectivity index (χ2v) is 5.49. The third-order valence-electron chi connectivity index (χ3n) is 3.83. The van der Waals surface area contributed by atoms with Gasteiger partial charge >= 0.3 is 0 Å². The Labute approximate surface area is 131 Å². The molecule has 0 spiro atoms. The number of fused-ring (bicyclic) bond motifs is 2. The maximum atomic E-state index is 11.4. The fourth-order valence-electron chi connectivity index (χ4n) is 2.84. The van der Waals surface area contributed by atoms with Gasteiger partial charge in [-0.15, -0.1) is 0 Å². The summed E-state index contributed by atoms with van der Waals surface area (Å²) in [5.41, 5.74) is 9.91. The molecule has 0 atom stereocenters. The van der Waals surface area contributed by atoms with Gasteiger partial charge in [0.25, 0.3) is 5.91 Å². The Hall–Kier alpha value is -3.22. The van der Waals surface area contributed by atoms with E-state index in [4.69, 9.17) is 5.73 Å². The molecule has 1 amide bonds. The summed E-state index contributed by atoms with van der Waals surface area (Å²) in [7, 11) is 1.89. The van der Waals surface area contributed by atoms with Crippen LogP contribution in [0.15, 0.2) is 36.8 Å². The quantitative estimate of drug-likeness (QED) is 0.610. The molecular formula is C16H14N6O. The van der Waals surface area contributed by atoms with Gasteiger partial charge in [0.1, 0.15) is 5.69 Å². The highest BCUT2D eigenvalue weighted by Gasteiger charge is 2.14. The van der Waals surface area contributed by atoms with Gasteiger partial charge in [0.2, 0.25) is 0 Å². The molecule has 7 nitrogen and oxygen atoms in total. The Morgan fingerprint density at radius 3 is 2.87 bits per heavy atom. The third-order valence-corrected chi connectivity index (χ3v) is 3.83. The molecule has 23 heavy (non-hydrogen) atoms. The van der Waals surface area contributed by atoms with Crippen molar-refractivity contribution in [3.63, 3.8) is 0 Å². The van der Waals surface area contributed by atoms with E-state index in [2.05, 4.69) is 21.1 Å². The number of hydrogen-bond donors (Lipinski definition) is 1. The van der Waals surface area contributed by atoms with Crippen LogP contribution in [0.5, 0.6) is 0 Å². The fraction of sp³-hybridized carbons (Fsp3) is 0.125. The minimum atomic E-state index is -0.563. The third kappa shape index (κ3) is 2.05. The Kier molecular flexibility index (Phi) is 2.71. The van der Waals surface area contributed by atoms with Gasteiger partial charge in [-0.3, -0.25) is 13.9 Å². The second kappa shape index (κ2) is 4.64. The molecule has 7 heteroatoms. The van der Waals surface area contributed by atoms with Crippen LogP contribution in [0.1, 0.15) is 16.2 Å². The number of aryl methyl sites for hydroxylation is 2. The molecule has 4 rings (SSSR count). The van der Waals surface area contributed by atoms with E-state index in [-0.39, 0.29) is 5.69 Å². The average molecular weight is 306 g/mol. The smallest absolute Gasteiger partial charge is 0.268 e. The van der Waals surface area contributed by atoms with E-state index in [0.29, 0.717) is 5.65 Å². The van der Waals surface area contributed by atoms with Crippen LogP contribution in [0, 0.1) is 6.92 Å². The van der Waals surface area contributed by atoms with Crippen molar-refractivity contribution in [2.24, 2.45) is 12.8 Å². The molecule has 1 aromatic carbocycles. The highest BCUT2D eigenvalue weighted by molar-refractivity contribution is 5.91. The zero-order chi connectivity index (χ0) is 16.1. The van der Waals surface area contributed by atoms with Crippen molar-refractivity contribution in [2.45, 2.75) is 6.92 Å². The Morgan fingerprint density at radius 2 is 2.09 bits per heavy atom. The lowest BCUT2D eigenvalue weighted by atomic mass is 10.1. The molecule has 3 heterocycles. The summed E-state index contributed by atoms with van der Waals surface area (Å²) >= 11 is 0. The SMILES string of the molecule is Cc1nc2cnc(C(N)=O)cn2c1-c1ccc2nn(C)cc2c1. The topological polar surface area (TPSA) is 91.1 Å². The van der Waals surface area contributed by atoms with Crippen LogP contribution in [0.3, 0.4) is 0 Å². The van der Waals surface area contributed by atoms with Gasteiger partial charge in [-0.1, -0.05) is 6.07 Å². The number of benzene rings is 1. The summed E-state index contributed by atoms with van der Waals surface area (Å²) in [5.74, 6) is -0.563. The van der Waals surface area contributed by atoms with E-state index < -0.39 is 5.91 Å². The van der Waals surface area contributed by atoms with Crippen molar-refractivity contribution in [1.82, 2.24) is 24.1 Å². The number of hydrogen-bond acceptors (Lipinski definition) is 4. The number of rotatable bonds is 2. The number of nitrogens with two attached hydrogens (primary N) is 1. The summed E-state index contributed by atoms with van der Waals surface area (Å²) in [6, 6.07) is 6.03. The van der Waals surface area contributed by atoms with Gasteiger partial charge in [-0.05, 0) is 19.1 Å². The Balaban J connectivity index is 1.99. The number of aromatic nitrogens is 5. The molecule has 3 aromatic heterocycles. The summed E-state index contributed by atoms with van der Waals surface area (Å²) in [6.45, 7) is 1.93. The number of imidazole rings is 1. The minimum Gasteiger partial charge on any atom is -0.364 e. The lowest BCUT2D eigenvalue weighted by Gasteiger charge is -2.04. The van der Waals surface area contributed by atoms with Crippen LogP contribution in [-0.2, 0) is 7.05 Å². The first-order chi connectivity index (χ1) is 11.0. The highest BCUT2D eigenvalue weighted by atomic mass is 16.1. The molecule has 4 aromatic rings. The van der Waals surface area contributed by atoms with Gasteiger partial charge in [-0.2, -0.15) is 5.10 Å². The van der Waals surface area contributed by atoms with Crippen LogP contribution in [-0.4, -0.2) is 30.1 Å². The van der Waals surface area contributed by atoms with Gasteiger partial charge < -0.3 is 5.73 Å². The second-order valence-electron chi connectivity index (χ2n) is 5.49. The van der Waals surface area contributed by atoms with Gasteiger partial charge in [0.15, 0.2) is 5.65 Å². The normalized spacial score (nSPS) is 11.4. The van der Waals surface area contributed by atoms with E-state index in [1.54, 1.807) is 17.1 Å². The van der Waals surface area contributed by atoms with E-state index in [0.717, 1.165) is 27.9 Å². The first-order valence-corrected chi connectivity index (χ1v) is 7.11. The summed E-state index contributed by atoms with van der Waals surface area (Å²) in [4.78, 5) is 19.9. The number of amides is 1. The molecule has 0 radical (unpaired) electrons. The minimum absolute atomic E-state index is 0.207. The molecule has 0 aliphatic carbocycles. The maximum absolute atomic E-state index is 11.4. The molecule has 0 aliphatic rings. The molecule has 114 valence electrons. The van der Waals surface area contributed by atoms with Crippen molar-refractivity contribution in [3.05, 3.63) is 48.2 Å². The zero-order valence-electron chi connectivity index (χ0n) is 12.7. The number of carbonyl (C=O) groups excluding carboxylic acids is 1. The molecule has 2 N–H and O–H groups in total. The Bertz CT molecular complexity index is 1080. The Morgan fingerprint density at radius 1 is 1.26 bits per heavy atom. The number of carbonyl (C=O) groups is 1. The number of nitrogens with zero attached hydrogens (tertiary/aromatic N) is 5. The molecule has 0 aliphatic heterocycles. The largest absolute Gasteiger partial charge is 0.364 e. The van der Waals surface area contributed by atoms with E-state index in [9.17, 15) is 4.79 Å². The van der Waals surface area contributed by atoms with Crippen molar-refractivity contribution in [3.8, 4) is 11.3 Å². The standard InChI is InChI=1S/C16H14N6O/c1-9-15(10-3-4-12-11(5-10)7-21(2)20-12)22-8-13(16(17)23)18-6-14(22)19-9/h3-8H,1-2H3,(H2,17,23). The van der Waals surface area contributed by atoms with Gasteiger partial charge in [0, 0.05) is 30.4 Å². The molecule has 0 saturated heterocycles. The highest BCUT2D eigenvalue weighted by Crippen LogP contribution is 2.27. The van der Waals surface area contributed by atoms with E-state index >= 15 is 0 Å². The van der Waals surface area contributed by atoms with Crippen molar-refractivity contribution >= 4 is 22.5 Å². The predicted molar refractivity (Wildman–Crippen MR) is 85.9 cm³/mol. The predicted octanol–water partition coefficient (Wildman–Crippen LogP) is 1.69. The summed E-state index contributed by atoms with van der Waals surface area (Å²) in [6.07, 6.45) is 5.15. The monoisotopic (exact) mass is 306 g/mol. The lowest BCUT2D eigenvalue weighted by Crippen LogP contribution is -2.13. The molecule has 0 fully saturated rings. The summed E-state index contributed by atoms with van der Waals surface area (Å²) < 4.78 is 3.63. The van der Waals surface area contributed by atoms with Crippen molar-refractivity contribution in [1.29, 1.82) is 0 Å². The fourth-order valence-corrected chi connectivity index (χ4v) is 2.84. The number of primary amides is 1. The molecule has 0 unspecified atom stereocenters. The van der Waals surface area contributed by atoms with Crippen LogP contribution in [0.2, 0.25) is 0 Å². The maximum Gasteiger partial charge on any atom is 0.268 e. The van der Waals surface area contributed by atoms with Gasteiger partial charge in [-0.25, -0.2) is 9.97 Å². The zero-order valence-corrected chi connectivity index (χ0v) is 12.7. The van der Waals surface area contributed by atoms with Crippen LogP contribution in [0.25, 0.3) is 27.8 Å². The summed E-state index contributed by atoms with van der Waals surface area (Å²) in [5, 5.41) is 5.43. The van der Waals surface area contributed by atoms with E-state index in [1.807, 2.05) is 36.7 Å². The van der Waals surface area contributed by atoms with E-state index in [1.165, 1.54) is 0 Å². The van der Waals surface area contributed by atoms with Crippen LogP contribution < -0.4 is 5.73 Å². The van der Waals surface area contributed by atoms with Crippen molar-refractivity contribution in [2.75, 3.05) is 0 Å². The molecular weight excluding hydrogens is 292 g/mol. The first-order valence-electron chi connectivity index (χ1n) is 7.11. The van der Waals surface area contributed by atoms with Gasteiger partial charge in [0.05, 0.1) is 23.1 Å².